The number of rotatable bonds is 8. The van der Waals surface area contributed by atoms with Gasteiger partial charge >= 0.3 is 0 Å². The highest BCUT2D eigenvalue weighted by atomic mass is 19.2. The lowest BCUT2D eigenvalue weighted by Crippen LogP contribution is -2.13. The molecule has 0 saturated heterocycles. The fraction of sp³-hybridized carbons (Fsp3) is 0.481. The van der Waals surface area contributed by atoms with Crippen LogP contribution in [-0.2, 0) is 12.8 Å². The third-order valence-corrected chi connectivity index (χ3v) is 6.35. The molecule has 0 aliphatic heterocycles. The fourth-order valence-corrected chi connectivity index (χ4v) is 4.50. The first kappa shape index (κ1) is 22.7. The number of hydrogen-bond acceptors (Lipinski definition) is 0. The molecular weight excluding hydrogens is 381 g/mol. The summed E-state index contributed by atoms with van der Waals surface area (Å²) in [4.78, 5) is 0. The minimum Gasteiger partial charge on any atom is -0.207 e. The predicted molar refractivity (Wildman–Crippen MR) is 119 cm³/mol. The Morgan fingerprint density at radius 3 is 2.30 bits per heavy atom. The quantitative estimate of drug-likeness (QED) is 0.407. The van der Waals surface area contributed by atoms with Gasteiger partial charge in [-0.05, 0) is 79.5 Å². The van der Waals surface area contributed by atoms with E-state index in [0.717, 1.165) is 62.5 Å². The maximum atomic E-state index is 14.6. The van der Waals surface area contributed by atoms with Crippen LogP contribution in [0.15, 0.2) is 36.4 Å². The minimum absolute atomic E-state index is 0.0766. The molecule has 0 radical (unpaired) electrons. The summed E-state index contributed by atoms with van der Waals surface area (Å²) in [5.74, 6) is -0.979. The van der Waals surface area contributed by atoms with E-state index in [4.69, 9.17) is 0 Å². The second-order valence-corrected chi connectivity index (χ2v) is 8.62. The number of halogens is 3. The fourth-order valence-electron chi connectivity index (χ4n) is 4.50. The van der Waals surface area contributed by atoms with Crippen molar-refractivity contribution in [3.63, 3.8) is 0 Å². The Kier molecular flexibility index (Phi) is 8.18. The van der Waals surface area contributed by atoms with Gasteiger partial charge in [0.2, 0.25) is 0 Å². The molecule has 0 N–H and O–H groups in total. The molecule has 0 spiro atoms. The van der Waals surface area contributed by atoms with E-state index in [1.807, 2.05) is 19.1 Å². The van der Waals surface area contributed by atoms with E-state index in [2.05, 4.69) is 13.0 Å². The molecule has 0 bridgehead atoms. The second-order valence-electron chi connectivity index (χ2n) is 8.62. The number of hydrogen-bond donors (Lipinski definition) is 0. The Hall–Kier alpha value is -2.03. The molecule has 1 saturated carbocycles. The van der Waals surface area contributed by atoms with Gasteiger partial charge in [-0.25, -0.2) is 13.2 Å². The molecule has 0 heterocycles. The van der Waals surface area contributed by atoms with Crippen LogP contribution in [0, 0.1) is 23.4 Å². The highest BCUT2D eigenvalue weighted by Crippen LogP contribution is 2.38. The maximum absolute atomic E-state index is 14.6. The van der Waals surface area contributed by atoms with Crippen molar-refractivity contribution in [2.45, 2.75) is 77.6 Å². The summed E-state index contributed by atoms with van der Waals surface area (Å²) in [5, 5.41) is 0. The van der Waals surface area contributed by atoms with Crippen molar-refractivity contribution in [1.29, 1.82) is 0 Å². The first-order valence-corrected chi connectivity index (χ1v) is 11.5. The zero-order valence-corrected chi connectivity index (χ0v) is 18.2. The molecule has 0 atom stereocenters. The van der Waals surface area contributed by atoms with Crippen LogP contribution in [-0.4, -0.2) is 0 Å². The summed E-state index contributed by atoms with van der Waals surface area (Å²) >= 11 is 0. The van der Waals surface area contributed by atoms with Crippen LogP contribution in [0.2, 0.25) is 0 Å². The molecule has 0 amide bonds. The van der Waals surface area contributed by atoms with Crippen molar-refractivity contribution in [1.82, 2.24) is 0 Å². The van der Waals surface area contributed by atoms with Crippen LogP contribution in [0.3, 0.4) is 0 Å². The van der Waals surface area contributed by atoms with E-state index in [1.54, 1.807) is 24.3 Å². The molecule has 2 aromatic rings. The molecular formula is C27H33F3. The molecule has 3 heteroatoms. The number of allylic oxidation sites excluding steroid dienone is 1. The van der Waals surface area contributed by atoms with Crippen molar-refractivity contribution >= 4 is 6.08 Å². The Labute approximate surface area is 179 Å². The predicted octanol–water partition coefficient (Wildman–Crippen LogP) is 8.39. The standard InChI is InChI=1S/C27H33F3/c1-3-5-7-20-11-17-24(25(28)18-20)21-12-8-19(9-13-21)10-14-23-16-15-22(6-4-2)26(29)27(23)30/h10-11,14-19,21H,3-9,12-13H2,1-2H3. The number of aryl methyl sites for hydroxylation is 2. The van der Waals surface area contributed by atoms with Gasteiger partial charge in [0.05, 0.1) is 0 Å². The van der Waals surface area contributed by atoms with E-state index in [9.17, 15) is 13.2 Å². The van der Waals surface area contributed by atoms with Crippen molar-refractivity contribution in [2.75, 3.05) is 0 Å². The lowest BCUT2D eigenvalue weighted by Gasteiger charge is -2.27. The molecule has 162 valence electrons. The molecule has 1 aliphatic carbocycles. The van der Waals surface area contributed by atoms with Crippen LogP contribution in [0.1, 0.15) is 87.0 Å². The van der Waals surface area contributed by atoms with Gasteiger partial charge in [-0.2, -0.15) is 0 Å². The average Bonchev–Trinajstić information content (AvgIpc) is 2.76. The van der Waals surface area contributed by atoms with Gasteiger partial charge in [-0.15, -0.1) is 0 Å². The molecule has 1 fully saturated rings. The average molecular weight is 415 g/mol. The Morgan fingerprint density at radius 2 is 1.63 bits per heavy atom. The minimum atomic E-state index is -0.754. The van der Waals surface area contributed by atoms with Gasteiger partial charge in [0, 0.05) is 5.56 Å². The molecule has 1 aliphatic rings. The summed E-state index contributed by atoms with van der Waals surface area (Å²) in [6.45, 7) is 4.10. The molecule has 0 aromatic heterocycles. The summed E-state index contributed by atoms with van der Waals surface area (Å²) in [7, 11) is 0. The van der Waals surface area contributed by atoms with Gasteiger partial charge in [0.15, 0.2) is 11.6 Å². The highest BCUT2D eigenvalue weighted by molar-refractivity contribution is 5.51. The molecule has 2 aromatic carbocycles. The monoisotopic (exact) mass is 414 g/mol. The van der Waals surface area contributed by atoms with Gasteiger partial charge in [0.1, 0.15) is 5.82 Å². The summed E-state index contributed by atoms with van der Waals surface area (Å²) < 4.78 is 43.1. The molecule has 3 rings (SSSR count). The van der Waals surface area contributed by atoms with E-state index >= 15 is 0 Å². The summed E-state index contributed by atoms with van der Waals surface area (Å²) in [6, 6.07) is 9.10. The van der Waals surface area contributed by atoms with Crippen LogP contribution >= 0.6 is 0 Å². The van der Waals surface area contributed by atoms with Crippen LogP contribution in [0.5, 0.6) is 0 Å². The van der Waals surface area contributed by atoms with Crippen LogP contribution in [0.4, 0.5) is 13.2 Å². The highest BCUT2D eigenvalue weighted by Gasteiger charge is 2.23. The lowest BCUT2D eigenvalue weighted by molar-refractivity contribution is 0.369. The molecule has 0 unspecified atom stereocenters. The van der Waals surface area contributed by atoms with Crippen molar-refractivity contribution in [3.05, 3.63) is 76.1 Å². The third-order valence-electron chi connectivity index (χ3n) is 6.35. The third kappa shape index (κ3) is 5.56. The van der Waals surface area contributed by atoms with E-state index in [1.165, 1.54) is 0 Å². The Morgan fingerprint density at radius 1 is 0.867 bits per heavy atom. The van der Waals surface area contributed by atoms with Crippen molar-refractivity contribution < 1.29 is 13.2 Å². The summed E-state index contributed by atoms with van der Waals surface area (Å²) in [5.41, 5.74) is 2.66. The van der Waals surface area contributed by atoms with E-state index < -0.39 is 11.6 Å². The van der Waals surface area contributed by atoms with Gasteiger partial charge in [-0.3, -0.25) is 0 Å². The zero-order valence-electron chi connectivity index (χ0n) is 18.2. The van der Waals surface area contributed by atoms with Gasteiger partial charge in [-0.1, -0.05) is 63.1 Å². The smallest absolute Gasteiger partial charge is 0.166 e. The van der Waals surface area contributed by atoms with E-state index in [0.29, 0.717) is 23.5 Å². The second kappa shape index (κ2) is 10.8. The SMILES string of the molecule is CCCCc1ccc(C2CCC(C=Cc3ccc(CCC)c(F)c3F)CC2)c(F)c1. The number of unbranched alkanes of at least 4 members (excludes halogenated alkanes) is 1. The maximum Gasteiger partial charge on any atom is 0.166 e. The topological polar surface area (TPSA) is 0 Å². The van der Waals surface area contributed by atoms with Crippen LogP contribution in [0.25, 0.3) is 6.08 Å². The first-order chi connectivity index (χ1) is 14.5. The van der Waals surface area contributed by atoms with Gasteiger partial charge in [0.25, 0.3) is 0 Å². The van der Waals surface area contributed by atoms with Crippen molar-refractivity contribution in [3.8, 4) is 0 Å². The van der Waals surface area contributed by atoms with Crippen LogP contribution < -0.4 is 0 Å². The molecule has 0 nitrogen and oxygen atoms in total. The van der Waals surface area contributed by atoms with Gasteiger partial charge < -0.3 is 0 Å². The Balaban J connectivity index is 1.59. The van der Waals surface area contributed by atoms with Crippen molar-refractivity contribution in [2.24, 2.45) is 5.92 Å². The molecule has 30 heavy (non-hydrogen) atoms. The Bertz CT molecular complexity index is 861. The lowest BCUT2D eigenvalue weighted by atomic mass is 9.78. The summed E-state index contributed by atoms with van der Waals surface area (Å²) in [6.07, 6.45) is 11.9. The van der Waals surface area contributed by atoms with E-state index in [-0.39, 0.29) is 11.7 Å². The number of benzene rings is 2. The zero-order chi connectivity index (χ0) is 21.5. The first-order valence-electron chi connectivity index (χ1n) is 11.5. The normalized spacial score (nSPS) is 19.5. The largest absolute Gasteiger partial charge is 0.207 e.